The number of nitrogens with one attached hydrogen (secondary N) is 1. The predicted octanol–water partition coefficient (Wildman–Crippen LogP) is 3.32. The molecular weight excluding hydrogens is 268 g/mol. The molecule has 1 aliphatic rings. The number of aromatic carboxylic acids is 1. The van der Waals surface area contributed by atoms with E-state index in [9.17, 15) is 9.59 Å². The average molecular weight is 290 g/mol. The molecular formula is C16H22N2O3. The van der Waals surface area contributed by atoms with Crippen LogP contribution in [0.2, 0.25) is 0 Å². The Labute approximate surface area is 124 Å². The molecule has 0 aromatic carbocycles. The van der Waals surface area contributed by atoms with Crippen molar-refractivity contribution in [3.05, 3.63) is 24.0 Å². The minimum atomic E-state index is -1.13. The molecule has 1 fully saturated rings. The standard InChI is InChI=1S/C16H22N2O3/c1-11(2)10-16(7-3-4-8-16)15(21)18-12-6-5-9-17-13(12)14(19)20/h5-6,9,11H,3-4,7-8,10H2,1-2H3,(H,18,21)(H,19,20). The largest absolute Gasteiger partial charge is 0.476 e. The van der Waals surface area contributed by atoms with Crippen LogP contribution in [0.3, 0.4) is 0 Å². The number of hydrogen-bond donors (Lipinski definition) is 2. The SMILES string of the molecule is CC(C)CC1(C(=O)Nc2cccnc2C(=O)O)CCCC1. The van der Waals surface area contributed by atoms with Gasteiger partial charge in [0.1, 0.15) is 0 Å². The number of nitrogens with zero attached hydrogens (tertiary/aromatic N) is 1. The van der Waals surface area contributed by atoms with Crippen LogP contribution in [0.25, 0.3) is 0 Å². The summed E-state index contributed by atoms with van der Waals surface area (Å²) in [5.74, 6) is -0.763. The van der Waals surface area contributed by atoms with Crippen molar-refractivity contribution in [3.63, 3.8) is 0 Å². The van der Waals surface area contributed by atoms with Crippen LogP contribution in [0.15, 0.2) is 18.3 Å². The molecule has 0 aliphatic heterocycles. The molecule has 114 valence electrons. The molecule has 2 N–H and O–H groups in total. The van der Waals surface area contributed by atoms with Gasteiger partial charge in [0.25, 0.3) is 0 Å². The molecule has 1 aromatic heterocycles. The Hall–Kier alpha value is -1.91. The first-order valence-corrected chi connectivity index (χ1v) is 7.44. The highest BCUT2D eigenvalue weighted by Crippen LogP contribution is 2.44. The lowest BCUT2D eigenvalue weighted by Crippen LogP contribution is -2.35. The molecule has 1 aromatic rings. The van der Waals surface area contributed by atoms with Gasteiger partial charge in [0, 0.05) is 11.6 Å². The molecule has 0 spiro atoms. The van der Waals surface area contributed by atoms with E-state index in [4.69, 9.17) is 5.11 Å². The number of carboxylic acids is 1. The third kappa shape index (κ3) is 3.40. The quantitative estimate of drug-likeness (QED) is 0.871. The Morgan fingerprint density at radius 2 is 2.05 bits per heavy atom. The number of aromatic nitrogens is 1. The van der Waals surface area contributed by atoms with Gasteiger partial charge in [0.05, 0.1) is 5.69 Å². The highest BCUT2D eigenvalue weighted by Gasteiger charge is 2.41. The number of carbonyl (C=O) groups is 2. The van der Waals surface area contributed by atoms with Gasteiger partial charge in [-0.2, -0.15) is 0 Å². The summed E-state index contributed by atoms with van der Waals surface area (Å²) >= 11 is 0. The number of anilines is 1. The average Bonchev–Trinajstić information content (AvgIpc) is 2.88. The van der Waals surface area contributed by atoms with Crippen molar-refractivity contribution in [2.45, 2.75) is 46.0 Å². The normalized spacial score (nSPS) is 16.9. The fourth-order valence-electron chi connectivity index (χ4n) is 3.29. The van der Waals surface area contributed by atoms with E-state index in [-0.39, 0.29) is 22.7 Å². The summed E-state index contributed by atoms with van der Waals surface area (Å²) in [7, 11) is 0. The van der Waals surface area contributed by atoms with Crippen LogP contribution in [0.1, 0.15) is 56.4 Å². The molecule has 1 aliphatic carbocycles. The first-order chi connectivity index (χ1) is 9.94. The number of rotatable bonds is 5. The van der Waals surface area contributed by atoms with E-state index in [0.29, 0.717) is 5.92 Å². The van der Waals surface area contributed by atoms with Gasteiger partial charge in [-0.1, -0.05) is 26.7 Å². The number of hydrogen-bond acceptors (Lipinski definition) is 3. The molecule has 2 rings (SSSR count). The number of carbonyl (C=O) groups excluding carboxylic acids is 1. The van der Waals surface area contributed by atoms with E-state index in [1.165, 1.54) is 6.20 Å². The van der Waals surface area contributed by atoms with E-state index in [1.54, 1.807) is 12.1 Å². The Kier molecular flexibility index (Phi) is 4.60. The first kappa shape index (κ1) is 15.5. The third-order valence-corrected chi connectivity index (χ3v) is 4.10. The zero-order valence-corrected chi connectivity index (χ0v) is 12.6. The van der Waals surface area contributed by atoms with Crippen LogP contribution in [0.4, 0.5) is 5.69 Å². The maximum absolute atomic E-state index is 12.7. The zero-order valence-electron chi connectivity index (χ0n) is 12.6. The van der Waals surface area contributed by atoms with E-state index in [0.717, 1.165) is 32.1 Å². The highest BCUT2D eigenvalue weighted by atomic mass is 16.4. The van der Waals surface area contributed by atoms with Gasteiger partial charge in [-0.05, 0) is 37.3 Å². The summed E-state index contributed by atoms with van der Waals surface area (Å²) in [6.45, 7) is 4.22. The lowest BCUT2D eigenvalue weighted by atomic mass is 9.77. The molecule has 21 heavy (non-hydrogen) atoms. The van der Waals surface area contributed by atoms with Gasteiger partial charge in [-0.15, -0.1) is 0 Å². The minimum Gasteiger partial charge on any atom is -0.476 e. The van der Waals surface area contributed by atoms with Crippen molar-refractivity contribution in [3.8, 4) is 0 Å². The lowest BCUT2D eigenvalue weighted by molar-refractivity contribution is -0.126. The molecule has 1 amide bonds. The van der Waals surface area contributed by atoms with Crippen molar-refractivity contribution in [2.24, 2.45) is 11.3 Å². The predicted molar refractivity (Wildman–Crippen MR) is 80.2 cm³/mol. The van der Waals surface area contributed by atoms with Crippen LogP contribution in [0.5, 0.6) is 0 Å². The van der Waals surface area contributed by atoms with Crippen LogP contribution in [-0.2, 0) is 4.79 Å². The second-order valence-electron chi connectivity index (χ2n) is 6.24. The van der Waals surface area contributed by atoms with Gasteiger partial charge < -0.3 is 10.4 Å². The van der Waals surface area contributed by atoms with Crippen molar-refractivity contribution in [2.75, 3.05) is 5.32 Å². The fourth-order valence-corrected chi connectivity index (χ4v) is 3.29. The van der Waals surface area contributed by atoms with Crippen molar-refractivity contribution < 1.29 is 14.7 Å². The molecule has 1 heterocycles. The summed E-state index contributed by atoms with van der Waals surface area (Å²) in [6.07, 6.45) is 6.11. The van der Waals surface area contributed by atoms with Crippen molar-refractivity contribution in [1.82, 2.24) is 4.98 Å². The highest BCUT2D eigenvalue weighted by molar-refractivity contribution is 6.01. The Bertz CT molecular complexity index is 534. The molecule has 5 nitrogen and oxygen atoms in total. The van der Waals surface area contributed by atoms with Gasteiger partial charge >= 0.3 is 5.97 Å². The third-order valence-electron chi connectivity index (χ3n) is 4.10. The van der Waals surface area contributed by atoms with Crippen LogP contribution < -0.4 is 5.32 Å². The van der Waals surface area contributed by atoms with Crippen LogP contribution in [0, 0.1) is 11.3 Å². The van der Waals surface area contributed by atoms with E-state index >= 15 is 0 Å². The molecule has 5 heteroatoms. The lowest BCUT2D eigenvalue weighted by Gasteiger charge is -2.29. The molecule has 0 saturated heterocycles. The summed E-state index contributed by atoms with van der Waals surface area (Å²) in [4.78, 5) is 27.7. The topological polar surface area (TPSA) is 79.3 Å². The maximum Gasteiger partial charge on any atom is 0.356 e. The second-order valence-corrected chi connectivity index (χ2v) is 6.24. The Morgan fingerprint density at radius 1 is 1.38 bits per heavy atom. The second kappa shape index (κ2) is 6.24. The fraction of sp³-hybridized carbons (Fsp3) is 0.562. The smallest absolute Gasteiger partial charge is 0.356 e. The van der Waals surface area contributed by atoms with Crippen molar-refractivity contribution >= 4 is 17.6 Å². The summed E-state index contributed by atoms with van der Waals surface area (Å²) in [5, 5.41) is 11.9. The monoisotopic (exact) mass is 290 g/mol. The van der Waals surface area contributed by atoms with Gasteiger partial charge in [0.15, 0.2) is 5.69 Å². The molecule has 0 unspecified atom stereocenters. The summed E-state index contributed by atoms with van der Waals surface area (Å²) in [6, 6.07) is 3.22. The van der Waals surface area contributed by atoms with Crippen LogP contribution >= 0.6 is 0 Å². The molecule has 0 bridgehead atoms. The van der Waals surface area contributed by atoms with Crippen LogP contribution in [-0.4, -0.2) is 22.0 Å². The zero-order chi connectivity index (χ0) is 15.5. The van der Waals surface area contributed by atoms with E-state index < -0.39 is 5.97 Å². The van der Waals surface area contributed by atoms with Crippen molar-refractivity contribution in [1.29, 1.82) is 0 Å². The molecule has 0 radical (unpaired) electrons. The number of amides is 1. The van der Waals surface area contributed by atoms with E-state index in [1.807, 2.05) is 0 Å². The van der Waals surface area contributed by atoms with Gasteiger partial charge in [0.2, 0.25) is 5.91 Å². The van der Waals surface area contributed by atoms with Gasteiger partial charge in [-0.3, -0.25) is 4.79 Å². The number of carboxylic acid groups (broad SMARTS) is 1. The van der Waals surface area contributed by atoms with Gasteiger partial charge in [-0.25, -0.2) is 9.78 Å². The Balaban J connectivity index is 2.22. The summed E-state index contributed by atoms with van der Waals surface area (Å²) in [5.41, 5.74) is -0.187. The first-order valence-electron chi connectivity index (χ1n) is 7.44. The maximum atomic E-state index is 12.7. The van der Waals surface area contributed by atoms with E-state index in [2.05, 4.69) is 24.1 Å². The minimum absolute atomic E-state index is 0.0656. The summed E-state index contributed by atoms with van der Waals surface area (Å²) < 4.78 is 0. The number of pyridine rings is 1. The Morgan fingerprint density at radius 3 is 2.62 bits per heavy atom. The molecule has 1 saturated carbocycles. The molecule has 0 atom stereocenters.